The second kappa shape index (κ2) is 8.80. The number of hydrogen-bond donors (Lipinski definition) is 2. The van der Waals surface area contributed by atoms with E-state index in [1.807, 2.05) is 0 Å². The first-order chi connectivity index (χ1) is 17.2. The van der Waals surface area contributed by atoms with E-state index in [2.05, 4.69) is 20.9 Å². The maximum atomic E-state index is 13.7. The van der Waals surface area contributed by atoms with E-state index in [4.69, 9.17) is 0 Å². The van der Waals surface area contributed by atoms with Crippen molar-refractivity contribution in [3.8, 4) is 11.3 Å². The van der Waals surface area contributed by atoms with Crippen LogP contribution in [0.15, 0.2) is 42.6 Å². The van der Waals surface area contributed by atoms with Crippen molar-refractivity contribution in [2.24, 2.45) is 0 Å². The molecule has 1 unspecified atom stereocenters. The highest BCUT2D eigenvalue weighted by Gasteiger charge is 2.45. The number of carbonyl (C=O) groups excluding carboxylic acids is 5. The third kappa shape index (κ3) is 4.13. The monoisotopic (exact) mass is 490 g/mol. The topological polar surface area (TPSA) is 143 Å². The predicted molar refractivity (Wildman–Crippen MR) is 122 cm³/mol. The summed E-state index contributed by atoms with van der Waals surface area (Å²) in [7, 11) is 0. The summed E-state index contributed by atoms with van der Waals surface area (Å²) in [6.45, 7) is 1.49. The van der Waals surface area contributed by atoms with Gasteiger partial charge in [-0.1, -0.05) is 11.3 Å². The molecule has 3 aromatic rings. The second-order valence-electron chi connectivity index (χ2n) is 8.54. The van der Waals surface area contributed by atoms with Crippen LogP contribution in [0.5, 0.6) is 0 Å². The molecular formula is C24H19FN6O5. The number of nitrogens with one attached hydrogen (secondary N) is 2. The molecule has 1 fully saturated rings. The lowest BCUT2D eigenvalue weighted by Gasteiger charge is -2.27. The van der Waals surface area contributed by atoms with Crippen molar-refractivity contribution in [2.45, 2.75) is 32.4 Å². The molecule has 0 aliphatic carbocycles. The highest BCUT2D eigenvalue weighted by molar-refractivity contribution is 6.26. The molecule has 3 heterocycles. The SMILES string of the molecule is Cc1cc(F)cc(-c2cn(CC(=O)Nc3cccc4c3C(=O)N(C3CCC(=O)NC3=O)C4=O)nn2)c1. The van der Waals surface area contributed by atoms with Crippen molar-refractivity contribution >= 4 is 35.2 Å². The van der Waals surface area contributed by atoms with Crippen molar-refractivity contribution in [3.05, 3.63) is 65.1 Å². The van der Waals surface area contributed by atoms with Gasteiger partial charge in [0.1, 0.15) is 24.1 Å². The largest absolute Gasteiger partial charge is 0.324 e. The van der Waals surface area contributed by atoms with Crippen LogP contribution in [0.2, 0.25) is 0 Å². The van der Waals surface area contributed by atoms with Gasteiger partial charge in [-0.3, -0.25) is 34.2 Å². The Kier molecular flexibility index (Phi) is 5.63. The van der Waals surface area contributed by atoms with E-state index in [0.717, 1.165) is 4.90 Å². The van der Waals surface area contributed by atoms with Crippen LogP contribution in [-0.4, -0.2) is 55.5 Å². The van der Waals surface area contributed by atoms with Crippen LogP contribution in [0.3, 0.4) is 0 Å². The number of imide groups is 2. The zero-order valence-electron chi connectivity index (χ0n) is 18.9. The fourth-order valence-corrected chi connectivity index (χ4v) is 4.35. The van der Waals surface area contributed by atoms with Gasteiger partial charge in [0, 0.05) is 12.0 Å². The second-order valence-corrected chi connectivity index (χ2v) is 8.54. The van der Waals surface area contributed by atoms with Gasteiger partial charge in [-0.2, -0.15) is 0 Å². The molecule has 2 aliphatic rings. The minimum atomic E-state index is -1.11. The van der Waals surface area contributed by atoms with E-state index < -0.39 is 41.4 Å². The van der Waals surface area contributed by atoms with Crippen LogP contribution in [0.25, 0.3) is 11.3 Å². The fourth-order valence-electron chi connectivity index (χ4n) is 4.35. The van der Waals surface area contributed by atoms with Crippen LogP contribution in [0.4, 0.5) is 10.1 Å². The molecule has 12 heteroatoms. The molecule has 5 rings (SSSR count). The van der Waals surface area contributed by atoms with Crippen molar-refractivity contribution in [1.29, 1.82) is 0 Å². The molecule has 0 saturated carbocycles. The van der Waals surface area contributed by atoms with Crippen LogP contribution in [-0.2, 0) is 20.9 Å². The number of hydrogen-bond acceptors (Lipinski definition) is 7. The summed E-state index contributed by atoms with van der Waals surface area (Å²) in [6.07, 6.45) is 1.52. The Labute approximate surface area is 203 Å². The van der Waals surface area contributed by atoms with Gasteiger partial charge in [0.15, 0.2) is 0 Å². The Bertz CT molecular complexity index is 1440. The summed E-state index contributed by atoms with van der Waals surface area (Å²) in [4.78, 5) is 63.3. The molecule has 182 valence electrons. The molecule has 11 nitrogen and oxygen atoms in total. The van der Waals surface area contributed by atoms with E-state index in [9.17, 15) is 28.4 Å². The quantitative estimate of drug-likeness (QED) is 0.515. The lowest BCUT2D eigenvalue weighted by atomic mass is 10.0. The zero-order chi connectivity index (χ0) is 25.6. The number of aromatic nitrogens is 3. The van der Waals surface area contributed by atoms with Gasteiger partial charge in [0.05, 0.1) is 23.0 Å². The van der Waals surface area contributed by atoms with Gasteiger partial charge in [-0.15, -0.1) is 5.10 Å². The smallest absolute Gasteiger partial charge is 0.264 e. The summed E-state index contributed by atoms with van der Waals surface area (Å²) in [6, 6.07) is 7.73. The minimum Gasteiger partial charge on any atom is -0.324 e. The molecule has 0 radical (unpaired) electrons. The normalized spacial score (nSPS) is 17.3. The third-order valence-corrected chi connectivity index (χ3v) is 5.92. The highest BCUT2D eigenvalue weighted by atomic mass is 19.1. The highest BCUT2D eigenvalue weighted by Crippen LogP contribution is 2.32. The standard InChI is InChI=1S/C24H19FN6O5/c1-12-7-13(9-14(25)8-12)17-10-30(29-28-17)11-20(33)26-16-4-2-3-15-21(16)24(36)31(23(15)35)18-5-6-19(32)27-22(18)34/h2-4,7-10,18H,5-6,11H2,1H3,(H,26,33)(H,27,32,34). The number of halogens is 1. The number of amides is 5. The summed E-state index contributed by atoms with van der Waals surface area (Å²) >= 11 is 0. The molecule has 0 bridgehead atoms. The number of piperidine rings is 1. The van der Waals surface area contributed by atoms with Crippen molar-refractivity contribution in [3.63, 3.8) is 0 Å². The average Bonchev–Trinajstić information content (AvgIpc) is 3.37. The Morgan fingerprint density at radius 3 is 2.72 bits per heavy atom. The number of carbonyl (C=O) groups is 5. The average molecular weight is 490 g/mol. The van der Waals surface area contributed by atoms with Gasteiger partial charge >= 0.3 is 0 Å². The first-order valence-electron chi connectivity index (χ1n) is 11.0. The summed E-state index contributed by atoms with van der Waals surface area (Å²) < 4.78 is 15.0. The molecular weight excluding hydrogens is 471 g/mol. The Balaban J connectivity index is 1.33. The molecule has 36 heavy (non-hydrogen) atoms. The maximum Gasteiger partial charge on any atom is 0.264 e. The molecule has 2 aliphatic heterocycles. The number of nitrogens with zero attached hydrogens (tertiary/aromatic N) is 4. The first kappa shape index (κ1) is 23.0. The summed E-state index contributed by atoms with van der Waals surface area (Å²) in [5, 5.41) is 12.6. The molecule has 1 atom stereocenters. The number of benzene rings is 2. The van der Waals surface area contributed by atoms with E-state index >= 15 is 0 Å². The Morgan fingerprint density at radius 1 is 1.17 bits per heavy atom. The van der Waals surface area contributed by atoms with E-state index in [1.165, 1.54) is 41.2 Å². The predicted octanol–water partition coefficient (Wildman–Crippen LogP) is 1.43. The molecule has 5 amide bonds. The summed E-state index contributed by atoms with van der Waals surface area (Å²) in [5.41, 5.74) is 1.72. The molecule has 1 saturated heterocycles. The van der Waals surface area contributed by atoms with Crippen LogP contribution in [0.1, 0.15) is 39.1 Å². The molecule has 2 aromatic carbocycles. The van der Waals surface area contributed by atoms with Gasteiger partial charge in [0.25, 0.3) is 11.8 Å². The fraction of sp³-hybridized carbons (Fsp3) is 0.208. The van der Waals surface area contributed by atoms with Gasteiger partial charge in [0.2, 0.25) is 17.7 Å². The molecule has 2 N–H and O–H groups in total. The lowest BCUT2D eigenvalue weighted by molar-refractivity contribution is -0.136. The maximum absolute atomic E-state index is 13.7. The van der Waals surface area contributed by atoms with Crippen molar-refractivity contribution < 1.29 is 28.4 Å². The van der Waals surface area contributed by atoms with Gasteiger partial charge < -0.3 is 5.32 Å². The number of aryl methyl sites for hydroxylation is 1. The number of rotatable bonds is 5. The van der Waals surface area contributed by atoms with Crippen molar-refractivity contribution in [2.75, 3.05) is 5.32 Å². The lowest BCUT2D eigenvalue weighted by Crippen LogP contribution is -2.54. The van der Waals surface area contributed by atoms with Crippen LogP contribution >= 0.6 is 0 Å². The minimum absolute atomic E-state index is 0.00247. The molecule has 0 spiro atoms. The van der Waals surface area contributed by atoms with E-state index in [1.54, 1.807) is 13.0 Å². The van der Waals surface area contributed by atoms with Crippen molar-refractivity contribution in [1.82, 2.24) is 25.2 Å². The Hall–Kier alpha value is -4.74. The van der Waals surface area contributed by atoms with E-state index in [-0.39, 0.29) is 36.2 Å². The van der Waals surface area contributed by atoms with Crippen LogP contribution in [0, 0.1) is 12.7 Å². The van der Waals surface area contributed by atoms with E-state index in [0.29, 0.717) is 16.8 Å². The molecule has 1 aromatic heterocycles. The van der Waals surface area contributed by atoms with Crippen LogP contribution < -0.4 is 10.6 Å². The first-order valence-corrected chi connectivity index (χ1v) is 11.0. The number of anilines is 1. The third-order valence-electron chi connectivity index (χ3n) is 5.92. The van der Waals surface area contributed by atoms with Gasteiger partial charge in [-0.05, 0) is 49.2 Å². The summed E-state index contributed by atoms with van der Waals surface area (Å²) in [5.74, 6) is -3.56. The van der Waals surface area contributed by atoms with Gasteiger partial charge in [-0.25, -0.2) is 9.07 Å². The zero-order valence-corrected chi connectivity index (χ0v) is 18.9. The Morgan fingerprint density at radius 2 is 1.97 bits per heavy atom. The number of fused-ring (bicyclic) bond motifs is 1.